The van der Waals surface area contributed by atoms with Gasteiger partial charge >= 0.3 is 5.97 Å². The highest BCUT2D eigenvalue weighted by atomic mass is 16.5. The lowest BCUT2D eigenvalue weighted by Crippen LogP contribution is -2.13. The third-order valence-corrected chi connectivity index (χ3v) is 1.51. The van der Waals surface area contributed by atoms with Crippen molar-refractivity contribution < 1.29 is 19.4 Å². The highest BCUT2D eigenvalue weighted by molar-refractivity contribution is 5.69. The van der Waals surface area contributed by atoms with Crippen LogP contribution in [-0.2, 0) is 14.3 Å². The molecule has 0 saturated heterocycles. The summed E-state index contributed by atoms with van der Waals surface area (Å²) in [6.07, 6.45) is 0.863. The van der Waals surface area contributed by atoms with E-state index in [4.69, 9.17) is 14.6 Å². The van der Waals surface area contributed by atoms with E-state index >= 15 is 0 Å². The Morgan fingerprint density at radius 1 is 1.58 bits per heavy atom. The summed E-state index contributed by atoms with van der Waals surface area (Å²) in [5.74, 6) is -0.360. The summed E-state index contributed by atoms with van der Waals surface area (Å²) < 4.78 is 9.73. The second kappa shape index (κ2) is 7.06. The molecule has 0 fully saturated rings. The first kappa shape index (κ1) is 11.4. The number of carbonyl (C=O) groups is 1. The van der Waals surface area contributed by atoms with E-state index < -0.39 is 0 Å². The first-order valence-electron chi connectivity index (χ1n) is 4.00. The van der Waals surface area contributed by atoms with E-state index in [1.54, 1.807) is 7.11 Å². The predicted molar refractivity (Wildman–Crippen MR) is 43.7 cm³/mol. The van der Waals surface area contributed by atoms with Crippen molar-refractivity contribution in [2.45, 2.75) is 25.9 Å². The number of rotatable bonds is 6. The maximum absolute atomic E-state index is 10.7. The van der Waals surface area contributed by atoms with E-state index in [0.29, 0.717) is 13.0 Å². The molecule has 0 amide bonds. The van der Waals surface area contributed by atoms with E-state index in [1.807, 2.05) is 6.92 Å². The maximum atomic E-state index is 10.7. The molecule has 1 atom stereocenters. The predicted octanol–water partition coefficient (Wildman–Crippen LogP) is 0.337. The fourth-order valence-corrected chi connectivity index (χ4v) is 0.620. The van der Waals surface area contributed by atoms with Gasteiger partial charge in [0.1, 0.15) is 0 Å². The van der Waals surface area contributed by atoms with Crippen LogP contribution >= 0.6 is 0 Å². The summed E-state index contributed by atoms with van der Waals surface area (Å²) in [6, 6.07) is 0. The van der Waals surface area contributed by atoms with Crippen LogP contribution in [0.1, 0.15) is 19.8 Å². The number of aliphatic hydroxyl groups is 1. The highest BCUT2D eigenvalue weighted by Crippen LogP contribution is 1.96. The van der Waals surface area contributed by atoms with Crippen LogP contribution in [0.3, 0.4) is 0 Å². The number of hydrogen-bond acceptors (Lipinski definition) is 4. The van der Waals surface area contributed by atoms with Gasteiger partial charge in [0, 0.05) is 13.5 Å². The molecule has 4 heteroatoms. The Balaban J connectivity index is 3.24. The molecule has 0 saturated carbocycles. The van der Waals surface area contributed by atoms with Crippen molar-refractivity contribution in [2.24, 2.45) is 0 Å². The standard InChI is InChI=1S/C8H16O4/c1-7(11-2)4-6-12-8(10)3-5-9/h7,9H,3-6H2,1-2H3. The van der Waals surface area contributed by atoms with Crippen molar-refractivity contribution in [1.82, 2.24) is 0 Å². The number of ether oxygens (including phenoxy) is 2. The van der Waals surface area contributed by atoms with Gasteiger partial charge in [-0.2, -0.15) is 0 Å². The molecule has 0 aliphatic carbocycles. The molecule has 12 heavy (non-hydrogen) atoms. The molecule has 0 bridgehead atoms. The van der Waals surface area contributed by atoms with Crippen LogP contribution in [0.15, 0.2) is 0 Å². The first-order valence-corrected chi connectivity index (χ1v) is 4.00. The average Bonchev–Trinajstić information content (AvgIpc) is 2.04. The molecule has 1 unspecified atom stereocenters. The van der Waals surface area contributed by atoms with E-state index in [0.717, 1.165) is 0 Å². The molecule has 0 aromatic carbocycles. The number of esters is 1. The molecule has 0 aliphatic rings. The summed E-state index contributed by atoms with van der Waals surface area (Å²) in [5.41, 5.74) is 0. The second-order valence-electron chi connectivity index (χ2n) is 2.53. The van der Waals surface area contributed by atoms with Crippen LogP contribution in [0.25, 0.3) is 0 Å². The van der Waals surface area contributed by atoms with Gasteiger partial charge in [-0.1, -0.05) is 0 Å². The maximum Gasteiger partial charge on any atom is 0.308 e. The monoisotopic (exact) mass is 176 g/mol. The van der Waals surface area contributed by atoms with Gasteiger partial charge in [0.15, 0.2) is 0 Å². The molecule has 4 nitrogen and oxygen atoms in total. The van der Waals surface area contributed by atoms with Crippen LogP contribution in [0.4, 0.5) is 0 Å². The van der Waals surface area contributed by atoms with Gasteiger partial charge in [-0.05, 0) is 6.92 Å². The van der Waals surface area contributed by atoms with Gasteiger partial charge < -0.3 is 14.6 Å². The molecule has 0 aromatic heterocycles. The molecule has 0 aromatic rings. The van der Waals surface area contributed by atoms with Crippen molar-refractivity contribution in [2.75, 3.05) is 20.3 Å². The first-order chi connectivity index (χ1) is 5.70. The van der Waals surface area contributed by atoms with Crippen molar-refractivity contribution >= 4 is 5.97 Å². The molecule has 0 spiro atoms. The van der Waals surface area contributed by atoms with Crippen molar-refractivity contribution in [1.29, 1.82) is 0 Å². The highest BCUT2D eigenvalue weighted by Gasteiger charge is 2.03. The van der Waals surface area contributed by atoms with Gasteiger partial charge in [0.2, 0.25) is 0 Å². The van der Waals surface area contributed by atoms with Gasteiger partial charge in [-0.3, -0.25) is 4.79 Å². The fraction of sp³-hybridized carbons (Fsp3) is 0.875. The SMILES string of the molecule is COC(C)CCOC(=O)CCO. The largest absolute Gasteiger partial charge is 0.466 e. The van der Waals surface area contributed by atoms with Gasteiger partial charge in [-0.15, -0.1) is 0 Å². The Morgan fingerprint density at radius 2 is 2.25 bits per heavy atom. The Hall–Kier alpha value is -0.610. The minimum Gasteiger partial charge on any atom is -0.466 e. The Bertz CT molecular complexity index is 124. The van der Waals surface area contributed by atoms with Crippen LogP contribution in [0.5, 0.6) is 0 Å². The van der Waals surface area contributed by atoms with Crippen molar-refractivity contribution in [3.8, 4) is 0 Å². The quantitative estimate of drug-likeness (QED) is 0.593. The Morgan fingerprint density at radius 3 is 2.75 bits per heavy atom. The lowest BCUT2D eigenvalue weighted by Gasteiger charge is -2.08. The Labute approximate surface area is 72.5 Å². The molecule has 72 valence electrons. The Kier molecular flexibility index (Phi) is 6.70. The molecule has 0 aliphatic heterocycles. The van der Waals surface area contributed by atoms with Crippen molar-refractivity contribution in [3.63, 3.8) is 0 Å². The second-order valence-corrected chi connectivity index (χ2v) is 2.53. The van der Waals surface area contributed by atoms with Crippen LogP contribution in [-0.4, -0.2) is 37.5 Å². The molecule has 0 radical (unpaired) electrons. The van der Waals surface area contributed by atoms with Crippen molar-refractivity contribution in [3.05, 3.63) is 0 Å². The summed E-state index contributed by atoms with van der Waals surface area (Å²) in [4.78, 5) is 10.7. The topological polar surface area (TPSA) is 55.8 Å². The van der Waals surface area contributed by atoms with Gasteiger partial charge in [-0.25, -0.2) is 0 Å². The van der Waals surface area contributed by atoms with Gasteiger partial charge in [0.25, 0.3) is 0 Å². The molecule has 1 N–H and O–H groups in total. The van der Waals surface area contributed by atoms with E-state index in [2.05, 4.69) is 0 Å². The average molecular weight is 176 g/mol. The van der Waals surface area contributed by atoms with E-state index in [9.17, 15) is 4.79 Å². The van der Waals surface area contributed by atoms with Crippen LogP contribution < -0.4 is 0 Å². The molecule has 0 rings (SSSR count). The molecular weight excluding hydrogens is 160 g/mol. The molecular formula is C8H16O4. The third-order valence-electron chi connectivity index (χ3n) is 1.51. The lowest BCUT2D eigenvalue weighted by atomic mass is 10.3. The van der Waals surface area contributed by atoms with Crippen LogP contribution in [0.2, 0.25) is 0 Å². The number of methoxy groups -OCH3 is 1. The minimum absolute atomic E-state index is 0.0708. The fourth-order valence-electron chi connectivity index (χ4n) is 0.620. The lowest BCUT2D eigenvalue weighted by molar-refractivity contribution is -0.145. The zero-order valence-corrected chi connectivity index (χ0v) is 7.58. The number of aliphatic hydroxyl groups excluding tert-OH is 1. The smallest absolute Gasteiger partial charge is 0.308 e. The zero-order chi connectivity index (χ0) is 9.40. The number of carbonyl (C=O) groups excluding carboxylic acids is 1. The summed E-state index contributed by atoms with van der Waals surface area (Å²) in [5, 5.41) is 8.37. The zero-order valence-electron chi connectivity index (χ0n) is 7.58. The third kappa shape index (κ3) is 6.12. The van der Waals surface area contributed by atoms with Crippen LogP contribution in [0, 0.1) is 0 Å². The van der Waals surface area contributed by atoms with E-state index in [-0.39, 0.29) is 25.1 Å². The summed E-state index contributed by atoms with van der Waals surface area (Å²) >= 11 is 0. The summed E-state index contributed by atoms with van der Waals surface area (Å²) in [6.45, 7) is 2.10. The molecule has 0 heterocycles. The number of hydrogen-bond donors (Lipinski definition) is 1. The van der Waals surface area contributed by atoms with Gasteiger partial charge in [0.05, 0.1) is 25.7 Å². The van der Waals surface area contributed by atoms with E-state index in [1.165, 1.54) is 0 Å². The normalized spacial score (nSPS) is 12.6. The minimum atomic E-state index is -0.360. The summed E-state index contributed by atoms with van der Waals surface area (Å²) in [7, 11) is 1.61.